The minimum atomic E-state index is -0.447. The number of benzene rings is 1. The molecular weight excluding hydrogens is 288 g/mol. The van der Waals surface area contributed by atoms with E-state index in [1.165, 1.54) is 19.3 Å². The summed E-state index contributed by atoms with van der Waals surface area (Å²) in [5.41, 5.74) is 0.966. The molecule has 0 spiro atoms. The average Bonchev–Trinajstić information content (AvgIpc) is 2.63. The van der Waals surface area contributed by atoms with Gasteiger partial charge in [0.1, 0.15) is 0 Å². The van der Waals surface area contributed by atoms with Crippen LogP contribution in [0.4, 0.5) is 0 Å². The van der Waals surface area contributed by atoms with Crippen molar-refractivity contribution in [1.82, 2.24) is 9.80 Å². The Labute approximate surface area is 139 Å². The number of piperazine rings is 1. The van der Waals surface area contributed by atoms with Gasteiger partial charge in [-0.1, -0.05) is 49.6 Å². The van der Waals surface area contributed by atoms with Crippen LogP contribution in [-0.2, 0) is 4.79 Å². The number of rotatable bonds is 4. The summed E-state index contributed by atoms with van der Waals surface area (Å²) < 4.78 is 0. The van der Waals surface area contributed by atoms with Crippen molar-refractivity contribution in [3.8, 4) is 0 Å². The molecule has 0 radical (unpaired) electrons. The predicted molar refractivity (Wildman–Crippen MR) is 91.0 cm³/mol. The van der Waals surface area contributed by atoms with E-state index in [9.17, 15) is 9.90 Å². The Balaban J connectivity index is 1.45. The highest BCUT2D eigenvalue weighted by atomic mass is 16.3. The molecule has 1 aromatic rings. The number of amides is 1. The number of hydrogen-bond donors (Lipinski definition) is 1. The zero-order valence-corrected chi connectivity index (χ0v) is 13.9. The molecule has 1 aromatic carbocycles. The second-order valence-corrected chi connectivity index (χ2v) is 6.89. The van der Waals surface area contributed by atoms with Crippen molar-refractivity contribution >= 4 is 5.91 Å². The summed E-state index contributed by atoms with van der Waals surface area (Å²) in [4.78, 5) is 16.9. The van der Waals surface area contributed by atoms with Crippen molar-refractivity contribution in [2.45, 2.75) is 38.2 Å². The average molecular weight is 316 g/mol. The fourth-order valence-electron chi connectivity index (χ4n) is 3.78. The third kappa shape index (κ3) is 4.33. The largest absolute Gasteiger partial charge is 0.387 e. The molecule has 126 valence electrons. The lowest BCUT2D eigenvalue weighted by Crippen LogP contribution is -2.51. The Bertz CT molecular complexity index is 491. The summed E-state index contributed by atoms with van der Waals surface area (Å²) in [6.45, 7) is 3.98. The van der Waals surface area contributed by atoms with Crippen molar-refractivity contribution in [3.63, 3.8) is 0 Å². The Morgan fingerprint density at radius 3 is 2.35 bits per heavy atom. The van der Waals surface area contributed by atoms with Crippen LogP contribution < -0.4 is 0 Å². The molecule has 1 aliphatic carbocycles. The molecule has 4 nitrogen and oxygen atoms in total. The van der Waals surface area contributed by atoms with Crippen LogP contribution in [0.25, 0.3) is 0 Å². The van der Waals surface area contributed by atoms with Crippen LogP contribution in [0.2, 0.25) is 0 Å². The molecule has 1 atom stereocenters. The van der Waals surface area contributed by atoms with Crippen molar-refractivity contribution in [1.29, 1.82) is 0 Å². The van der Waals surface area contributed by atoms with Crippen molar-refractivity contribution < 1.29 is 9.90 Å². The molecule has 4 heteroatoms. The third-order valence-electron chi connectivity index (χ3n) is 5.25. The quantitative estimate of drug-likeness (QED) is 0.928. The lowest BCUT2D eigenvalue weighted by Gasteiger charge is -2.37. The van der Waals surface area contributed by atoms with Crippen molar-refractivity contribution in [2.75, 3.05) is 32.7 Å². The first-order chi connectivity index (χ1) is 11.2. The maximum absolute atomic E-state index is 12.6. The van der Waals surface area contributed by atoms with E-state index in [0.717, 1.165) is 44.6 Å². The molecule has 1 saturated carbocycles. The van der Waals surface area contributed by atoms with Gasteiger partial charge >= 0.3 is 0 Å². The second-order valence-electron chi connectivity index (χ2n) is 6.89. The number of nitrogens with zero attached hydrogens (tertiary/aromatic N) is 2. The van der Waals surface area contributed by atoms with Crippen LogP contribution >= 0.6 is 0 Å². The standard InChI is InChI=1S/C19H28N2O2/c22-18(16-7-3-1-4-8-16)15-20-11-13-21(14-12-20)19(23)17-9-5-2-6-10-17/h1,3-4,7-8,17-18,22H,2,5-6,9-15H2. The van der Waals surface area contributed by atoms with Crippen LogP contribution in [0.3, 0.4) is 0 Å². The number of aliphatic hydroxyl groups is 1. The number of hydrogen-bond acceptors (Lipinski definition) is 3. The Hall–Kier alpha value is -1.39. The van der Waals surface area contributed by atoms with E-state index in [1.54, 1.807) is 0 Å². The third-order valence-corrected chi connectivity index (χ3v) is 5.25. The van der Waals surface area contributed by atoms with Crippen LogP contribution in [0.1, 0.15) is 43.8 Å². The molecule has 2 fully saturated rings. The smallest absolute Gasteiger partial charge is 0.225 e. The summed E-state index contributed by atoms with van der Waals surface area (Å²) in [7, 11) is 0. The molecule has 1 unspecified atom stereocenters. The fraction of sp³-hybridized carbons (Fsp3) is 0.632. The summed E-state index contributed by atoms with van der Waals surface area (Å²) in [5.74, 6) is 0.637. The van der Waals surface area contributed by atoms with Gasteiger partial charge in [0, 0.05) is 38.6 Å². The first kappa shape index (κ1) is 16.5. The molecule has 1 saturated heterocycles. The van der Waals surface area contributed by atoms with Gasteiger partial charge in [0.25, 0.3) is 0 Å². The molecular formula is C19H28N2O2. The lowest BCUT2D eigenvalue weighted by molar-refractivity contribution is -0.138. The fourth-order valence-corrected chi connectivity index (χ4v) is 3.78. The topological polar surface area (TPSA) is 43.8 Å². The molecule has 1 heterocycles. The molecule has 1 aliphatic heterocycles. The van der Waals surface area contributed by atoms with Crippen LogP contribution in [0.15, 0.2) is 30.3 Å². The zero-order chi connectivity index (χ0) is 16.1. The SMILES string of the molecule is O=C(C1CCCCC1)N1CCN(CC(O)c2ccccc2)CC1. The molecule has 3 rings (SSSR count). The van der Waals surface area contributed by atoms with Crippen LogP contribution in [0, 0.1) is 5.92 Å². The van der Waals surface area contributed by atoms with Gasteiger partial charge in [-0.3, -0.25) is 9.69 Å². The predicted octanol–water partition coefficient (Wildman–Crippen LogP) is 2.44. The van der Waals surface area contributed by atoms with Gasteiger partial charge in [-0.2, -0.15) is 0 Å². The first-order valence-corrected chi connectivity index (χ1v) is 8.98. The van der Waals surface area contributed by atoms with Gasteiger partial charge in [-0.05, 0) is 18.4 Å². The Kier molecular flexibility index (Phi) is 5.68. The minimum absolute atomic E-state index is 0.269. The Morgan fingerprint density at radius 2 is 1.70 bits per heavy atom. The maximum Gasteiger partial charge on any atom is 0.225 e. The highest BCUT2D eigenvalue weighted by molar-refractivity contribution is 5.79. The van der Waals surface area contributed by atoms with Gasteiger partial charge in [-0.15, -0.1) is 0 Å². The van der Waals surface area contributed by atoms with Crippen LogP contribution in [-0.4, -0.2) is 53.5 Å². The maximum atomic E-state index is 12.6. The van der Waals surface area contributed by atoms with Crippen LogP contribution in [0.5, 0.6) is 0 Å². The van der Waals surface area contributed by atoms with E-state index in [1.807, 2.05) is 35.2 Å². The summed E-state index contributed by atoms with van der Waals surface area (Å²) >= 11 is 0. The van der Waals surface area contributed by atoms with Gasteiger partial charge in [-0.25, -0.2) is 0 Å². The first-order valence-electron chi connectivity index (χ1n) is 8.98. The van der Waals surface area contributed by atoms with E-state index in [-0.39, 0.29) is 5.92 Å². The molecule has 0 aromatic heterocycles. The normalized spacial score (nSPS) is 22.0. The van der Waals surface area contributed by atoms with Crippen molar-refractivity contribution in [2.24, 2.45) is 5.92 Å². The lowest BCUT2D eigenvalue weighted by atomic mass is 9.88. The minimum Gasteiger partial charge on any atom is -0.387 e. The molecule has 0 bridgehead atoms. The van der Waals surface area contributed by atoms with Gasteiger partial charge < -0.3 is 10.0 Å². The van der Waals surface area contributed by atoms with Crippen molar-refractivity contribution in [3.05, 3.63) is 35.9 Å². The number of carbonyl (C=O) groups is 1. The van der Waals surface area contributed by atoms with E-state index in [2.05, 4.69) is 4.90 Å². The molecule has 23 heavy (non-hydrogen) atoms. The highest BCUT2D eigenvalue weighted by Gasteiger charge is 2.28. The number of β-amino-alcohol motifs (C(OH)–C–C–N with tert-alkyl or cyclic N) is 1. The van der Waals surface area contributed by atoms with Gasteiger partial charge in [0.15, 0.2) is 0 Å². The van der Waals surface area contributed by atoms with E-state index < -0.39 is 6.10 Å². The monoisotopic (exact) mass is 316 g/mol. The van der Waals surface area contributed by atoms with E-state index in [4.69, 9.17) is 0 Å². The van der Waals surface area contributed by atoms with Gasteiger partial charge in [0.2, 0.25) is 5.91 Å². The molecule has 2 aliphatic rings. The number of aliphatic hydroxyl groups excluding tert-OH is 1. The highest BCUT2D eigenvalue weighted by Crippen LogP contribution is 2.26. The van der Waals surface area contributed by atoms with E-state index >= 15 is 0 Å². The summed E-state index contributed by atoms with van der Waals surface area (Å²) in [5, 5.41) is 10.3. The Morgan fingerprint density at radius 1 is 1.04 bits per heavy atom. The summed E-state index contributed by atoms with van der Waals surface area (Å²) in [6, 6.07) is 9.81. The zero-order valence-electron chi connectivity index (χ0n) is 13.9. The van der Waals surface area contributed by atoms with E-state index in [0.29, 0.717) is 12.5 Å². The second kappa shape index (κ2) is 7.93. The number of carbonyl (C=O) groups excluding carboxylic acids is 1. The van der Waals surface area contributed by atoms with Gasteiger partial charge in [0.05, 0.1) is 6.10 Å². The summed E-state index contributed by atoms with van der Waals surface area (Å²) in [6.07, 6.45) is 5.41. The molecule has 1 amide bonds. The molecule has 1 N–H and O–H groups in total.